The van der Waals surface area contributed by atoms with Gasteiger partial charge in [-0.2, -0.15) is 5.26 Å². The molecule has 4 nitrogen and oxygen atoms in total. The van der Waals surface area contributed by atoms with Gasteiger partial charge in [0.2, 0.25) is 0 Å². The summed E-state index contributed by atoms with van der Waals surface area (Å²) in [6.07, 6.45) is 1.39. The molecule has 1 N–H and O–H groups in total. The molecular formula is C17H11Cl3N2O2. The van der Waals surface area contributed by atoms with Gasteiger partial charge in [-0.1, -0.05) is 40.9 Å². The maximum atomic E-state index is 12.2. The Balaban J connectivity index is 2.29. The van der Waals surface area contributed by atoms with E-state index in [0.717, 1.165) is 0 Å². The van der Waals surface area contributed by atoms with Crippen molar-refractivity contribution in [2.45, 2.75) is 0 Å². The zero-order valence-electron chi connectivity index (χ0n) is 12.4. The van der Waals surface area contributed by atoms with Gasteiger partial charge in [0.1, 0.15) is 11.6 Å². The Kier molecular flexibility index (Phi) is 6.10. The van der Waals surface area contributed by atoms with Crippen LogP contribution >= 0.6 is 34.8 Å². The molecule has 2 aromatic carbocycles. The fourth-order valence-electron chi connectivity index (χ4n) is 1.94. The second-order valence-corrected chi connectivity index (χ2v) is 5.90. The van der Waals surface area contributed by atoms with Gasteiger partial charge in [0.25, 0.3) is 5.91 Å². The van der Waals surface area contributed by atoms with Crippen molar-refractivity contribution in [3.8, 4) is 11.8 Å². The summed E-state index contributed by atoms with van der Waals surface area (Å²) >= 11 is 18.0. The van der Waals surface area contributed by atoms with E-state index in [1.807, 2.05) is 6.07 Å². The second kappa shape index (κ2) is 8.07. The van der Waals surface area contributed by atoms with Crippen molar-refractivity contribution in [3.63, 3.8) is 0 Å². The number of hydrogen-bond donors (Lipinski definition) is 1. The van der Waals surface area contributed by atoms with Gasteiger partial charge in [-0.3, -0.25) is 4.79 Å². The molecule has 0 spiro atoms. The zero-order chi connectivity index (χ0) is 17.7. The first kappa shape index (κ1) is 18.2. The molecule has 24 heavy (non-hydrogen) atoms. The second-order valence-electron chi connectivity index (χ2n) is 4.65. The minimum absolute atomic E-state index is 0.104. The Bertz CT molecular complexity index is 834. The van der Waals surface area contributed by atoms with Gasteiger partial charge in [-0.05, 0) is 42.0 Å². The predicted molar refractivity (Wildman–Crippen MR) is 96.7 cm³/mol. The number of halogens is 3. The summed E-state index contributed by atoms with van der Waals surface area (Å²) < 4.78 is 5.06. The van der Waals surface area contributed by atoms with Crippen LogP contribution in [0.4, 0.5) is 5.69 Å². The molecular weight excluding hydrogens is 371 g/mol. The molecule has 0 atom stereocenters. The number of rotatable bonds is 4. The van der Waals surface area contributed by atoms with Gasteiger partial charge in [-0.25, -0.2) is 0 Å². The molecule has 0 aliphatic rings. The highest BCUT2D eigenvalue weighted by Crippen LogP contribution is 2.34. The molecule has 0 aliphatic carbocycles. The van der Waals surface area contributed by atoms with Crippen LogP contribution in [0.5, 0.6) is 5.75 Å². The lowest BCUT2D eigenvalue weighted by Gasteiger charge is -2.07. The minimum Gasteiger partial charge on any atom is -0.494 e. The normalized spacial score (nSPS) is 10.9. The topological polar surface area (TPSA) is 62.1 Å². The average Bonchev–Trinajstić information content (AvgIpc) is 2.52. The standard InChI is InChI=1S/C17H11Cl3N2O2/c1-24-16-14(19)6-10(7-15(16)20)5-11(9-21)17(23)22-13-4-2-3-12(18)8-13/h2-8H,1H3,(H,22,23)/b11-5+. The van der Waals surface area contributed by atoms with Gasteiger partial charge >= 0.3 is 0 Å². The summed E-state index contributed by atoms with van der Waals surface area (Å²) in [7, 11) is 1.45. The van der Waals surface area contributed by atoms with E-state index in [0.29, 0.717) is 22.0 Å². The third-order valence-corrected chi connectivity index (χ3v) is 3.78. The van der Waals surface area contributed by atoms with E-state index in [2.05, 4.69) is 5.32 Å². The fourth-order valence-corrected chi connectivity index (χ4v) is 2.79. The van der Waals surface area contributed by atoms with Crippen LogP contribution in [0.25, 0.3) is 6.08 Å². The highest BCUT2D eigenvalue weighted by atomic mass is 35.5. The largest absolute Gasteiger partial charge is 0.494 e. The molecule has 0 radical (unpaired) electrons. The molecule has 0 fully saturated rings. The fraction of sp³-hybridized carbons (Fsp3) is 0.0588. The molecule has 1 amide bonds. The number of carbonyl (C=O) groups excluding carboxylic acids is 1. The number of nitriles is 1. The van der Waals surface area contributed by atoms with Gasteiger partial charge in [0, 0.05) is 10.7 Å². The van der Waals surface area contributed by atoms with Crippen LogP contribution in [0, 0.1) is 11.3 Å². The van der Waals surface area contributed by atoms with E-state index in [9.17, 15) is 10.1 Å². The average molecular weight is 382 g/mol. The Morgan fingerprint density at radius 1 is 1.21 bits per heavy atom. The van der Waals surface area contributed by atoms with Crippen LogP contribution in [-0.4, -0.2) is 13.0 Å². The number of ether oxygens (including phenoxy) is 1. The summed E-state index contributed by atoms with van der Waals surface area (Å²) in [5.41, 5.74) is 0.885. The number of amides is 1. The lowest BCUT2D eigenvalue weighted by molar-refractivity contribution is -0.112. The third kappa shape index (κ3) is 4.42. The number of nitrogens with one attached hydrogen (secondary N) is 1. The Morgan fingerprint density at radius 2 is 1.88 bits per heavy atom. The van der Waals surface area contributed by atoms with Crippen LogP contribution in [0.1, 0.15) is 5.56 Å². The number of carbonyl (C=O) groups is 1. The van der Waals surface area contributed by atoms with Gasteiger partial charge < -0.3 is 10.1 Å². The van der Waals surface area contributed by atoms with Crippen LogP contribution in [-0.2, 0) is 4.79 Å². The number of methoxy groups -OCH3 is 1. The van der Waals surface area contributed by atoms with Gasteiger partial charge in [0.15, 0.2) is 5.75 Å². The number of anilines is 1. The molecule has 0 aromatic heterocycles. The maximum absolute atomic E-state index is 12.2. The summed E-state index contributed by atoms with van der Waals surface area (Å²) in [6, 6.07) is 11.6. The smallest absolute Gasteiger partial charge is 0.266 e. The van der Waals surface area contributed by atoms with E-state index in [4.69, 9.17) is 39.5 Å². The van der Waals surface area contributed by atoms with E-state index < -0.39 is 5.91 Å². The number of nitrogens with zero attached hydrogens (tertiary/aromatic N) is 1. The van der Waals surface area contributed by atoms with Crippen LogP contribution in [0.2, 0.25) is 15.1 Å². The molecule has 2 rings (SSSR count). The van der Waals surface area contributed by atoms with Crippen molar-refractivity contribution in [3.05, 3.63) is 62.6 Å². The maximum Gasteiger partial charge on any atom is 0.266 e. The number of hydrogen-bond acceptors (Lipinski definition) is 3. The summed E-state index contributed by atoms with van der Waals surface area (Å²) in [5.74, 6) is -0.236. The van der Waals surface area contributed by atoms with E-state index in [1.54, 1.807) is 36.4 Å². The van der Waals surface area contributed by atoms with Crippen molar-refractivity contribution in [1.29, 1.82) is 5.26 Å². The lowest BCUT2D eigenvalue weighted by atomic mass is 10.1. The van der Waals surface area contributed by atoms with Crippen molar-refractivity contribution in [1.82, 2.24) is 0 Å². The molecule has 0 saturated heterocycles. The van der Waals surface area contributed by atoms with E-state index in [-0.39, 0.29) is 15.6 Å². The van der Waals surface area contributed by atoms with Crippen molar-refractivity contribution >= 4 is 52.5 Å². The highest BCUT2D eigenvalue weighted by molar-refractivity contribution is 6.37. The Morgan fingerprint density at radius 3 is 2.42 bits per heavy atom. The van der Waals surface area contributed by atoms with Crippen LogP contribution in [0.3, 0.4) is 0 Å². The zero-order valence-corrected chi connectivity index (χ0v) is 14.7. The summed E-state index contributed by atoms with van der Waals surface area (Å²) in [6.45, 7) is 0. The molecule has 0 unspecified atom stereocenters. The van der Waals surface area contributed by atoms with Gasteiger partial charge in [-0.15, -0.1) is 0 Å². The van der Waals surface area contributed by atoms with Crippen molar-refractivity contribution in [2.24, 2.45) is 0 Å². The Hall–Kier alpha value is -2.19. The highest BCUT2D eigenvalue weighted by Gasteiger charge is 2.12. The quantitative estimate of drug-likeness (QED) is 0.585. The Labute approximate surface area is 154 Å². The molecule has 122 valence electrons. The molecule has 0 saturated carbocycles. The first-order chi connectivity index (χ1) is 11.4. The predicted octanol–water partition coefficient (Wildman–Crippen LogP) is 5.20. The SMILES string of the molecule is COc1c(Cl)cc(/C=C(\C#N)C(=O)Nc2cccc(Cl)c2)cc1Cl. The van der Waals surface area contributed by atoms with E-state index >= 15 is 0 Å². The molecule has 0 bridgehead atoms. The monoisotopic (exact) mass is 380 g/mol. The molecule has 0 heterocycles. The molecule has 2 aromatic rings. The van der Waals surface area contributed by atoms with Crippen LogP contribution in [0.15, 0.2) is 42.0 Å². The summed E-state index contributed by atoms with van der Waals surface area (Å²) in [5, 5.41) is 12.9. The van der Waals surface area contributed by atoms with Crippen LogP contribution < -0.4 is 10.1 Å². The van der Waals surface area contributed by atoms with Gasteiger partial charge in [0.05, 0.1) is 17.2 Å². The first-order valence-electron chi connectivity index (χ1n) is 6.66. The molecule has 0 aliphatic heterocycles. The van der Waals surface area contributed by atoms with Crippen molar-refractivity contribution < 1.29 is 9.53 Å². The summed E-state index contributed by atoms with van der Waals surface area (Å²) in [4.78, 5) is 12.2. The molecule has 7 heteroatoms. The third-order valence-electron chi connectivity index (χ3n) is 2.98. The first-order valence-corrected chi connectivity index (χ1v) is 7.79. The van der Waals surface area contributed by atoms with Crippen molar-refractivity contribution in [2.75, 3.05) is 12.4 Å². The van der Waals surface area contributed by atoms with E-state index in [1.165, 1.54) is 13.2 Å². The number of benzene rings is 2. The minimum atomic E-state index is -0.567. The lowest BCUT2D eigenvalue weighted by Crippen LogP contribution is -2.13.